The van der Waals surface area contributed by atoms with Crippen molar-refractivity contribution in [2.24, 2.45) is 0 Å². The van der Waals surface area contributed by atoms with E-state index in [2.05, 4.69) is 5.32 Å². The van der Waals surface area contributed by atoms with Gasteiger partial charge in [-0.2, -0.15) is 13.2 Å². The van der Waals surface area contributed by atoms with Crippen LogP contribution in [0.1, 0.15) is 5.56 Å². The molecule has 1 N–H and O–H groups in total. The first kappa shape index (κ1) is 15.6. The lowest BCUT2D eigenvalue weighted by Crippen LogP contribution is -2.45. The van der Waals surface area contributed by atoms with Crippen molar-refractivity contribution in [3.05, 3.63) is 29.8 Å². The molecule has 0 atom stereocenters. The highest BCUT2D eigenvalue weighted by Crippen LogP contribution is 2.34. The lowest BCUT2D eigenvalue weighted by molar-refractivity contribution is -0.136. The predicted octanol–water partition coefficient (Wildman–Crippen LogP) is 1.97. The van der Waals surface area contributed by atoms with E-state index in [9.17, 15) is 26.4 Å². The fourth-order valence-electron chi connectivity index (χ4n) is 1.95. The van der Waals surface area contributed by atoms with Crippen molar-refractivity contribution in [1.29, 1.82) is 0 Å². The fraction of sp³-hybridized carbons (Fsp3) is 0.417. The van der Waals surface area contributed by atoms with Crippen LogP contribution in [0.15, 0.2) is 24.3 Å². The van der Waals surface area contributed by atoms with Crippen LogP contribution < -0.4 is 5.32 Å². The van der Waals surface area contributed by atoms with Crippen LogP contribution in [0.4, 0.5) is 23.7 Å². The Balaban J connectivity index is 2.11. The number of nitrogens with zero attached hydrogens (tertiary/aromatic N) is 1. The number of sulfone groups is 1. The number of alkyl halides is 3. The molecule has 116 valence electrons. The molecule has 0 unspecified atom stereocenters. The average Bonchev–Trinajstić information content (AvgIpc) is 2.37. The molecule has 0 saturated carbocycles. The van der Waals surface area contributed by atoms with Gasteiger partial charge in [-0.3, -0.25) is 0 Å². The molecule has 1 fully saturated rings. The summed E-state index contributed by atoms with van der Waals surface area (Å²) >= 11 is 0. The quantitative estimate of drug-likeness (QED) is 0.859. The van der Waals surface area contributed by atoms with Gasteiger partial charge < -0.3 is 10.2 Å². The molecule has 0 radical (unpaired) electrons. The highest BCUT2D eigenvalue weighted by molar-refractivity contribution is 7.91. The van der Waals surface area contributed by atoms with Gasteiger partial charge in [-0.15, -0.1) is 0 Å². The molecular weight excluding hydrogens is 309 g/mol. The van der Waals surface area contributed by atoms with Gasteiger partial charge in [-0.05, 0) is 12.1 Å². The van der Waals surface area contributed by atoms with Gasteiger partial charge in [0.15, 0.2) is 9.84 Å². The summed E-state index contributed by atoms with van der Waals surface area (Å²) in [6.45, 7) is -0.0509. The van der Waals surface area contributed by atoms with Crippen LogP contribution in [-0.2, 0) is 16.0 Å². The van der Waals surface area contributed by atoms with E-state index < -0.39 is 27.6 Å². The molecule has 1 aliphatic heterocycles. The van der Waals surface area contributed by atoms with Crippen molar-refractivity contribution in [1.82, 2.24) is 4.90 Å². The number of rotatable bonds is 1. The molecule has 0 aliphatic carbocycles. The van der Waals surface area contributed by atoms with Crippen molar-refractivity contribution in [3.8, 4) is 0 Å². The molecule has 1 aromatic rings. The fourth-order valence-corrected chi connectivity index (χ4v) is 3.15. The summed E-state index contributed by atoms with van der Waals surface area (Å²) in [5, 5.41) is 2.19. The molecule has 0 aromatic heterocycles. The monoisotopic (exact) mass is 322 g/mol. The van der Waals surface area contributed by atoms with Gasteiger partial charge in [0, 0.05) is 13.1 Å². The second kappa shape index (κ2) is 5.55. The molecule has 21 heavy (non-hydrogen) atoms. The smallest absolute Gasteiger partial charge is 0.322 e. The molecule has 1 saturated heterocycles. The lowest BCUT2D eigenvalue weighted by atomic mass is 10.1. The molecular formula is C12H13F3N2O3S. The molecule has 0 bridgehead atoms. The molecule has 9 heteroatoms. The molecule has 2 rings (SSSR count). The van der Waals surface area contributed by atoms with Gasteiger partial charge in [0.2, 0.25) is 0 Å². The van der Waals surface area contributed by atoms with Crippen molar-refractivity contribution in [2.45, 2.75) is 6.18 Å². The van der Waals surface area contributed by atoms with E-state index in [1.807, 2.05) is 0 Å². The first-order valence-corrected chi connectivity index (χ1v) is 7.94. The zero-order valence-corrected chi connectivity index (χ0v) is 11.7. The summed E-state index contributed by atoms with van der Waals surface area (Å²) in [5.74, 6) is -0.358. The van der Waals surface area contributed by atoms with E-state index in [4.69, 9.17) is 0 Å². The maximum absolute atomic E-state index is 12.8. The minimum atomic E-state index is -4.57. The Bertz CT molecular complexity index is 629. The molecule has 2 amide bonds. The van der Waals surface area contributed by atoms with Crippen LogP contribution in [0.5, 0.6) is 0 Å². The number of para-hydroxylation sites is 1. The number of benzene rings is 1. The Kier molecular flexibility index (Phi) is 4.13. The van der Waals surface area contributed by atoms with E-state index in [1.165, 1.54) is 17.0 Å². The van der Waals surface area contributed by atoms with Crippen LogP contribution in [-0.4, -0.2) is 43.9 Å². The molecule has 1 heterocycles. The number of amides is 2. The van der Waals surface area contributed by atoms with E-state index >= 15 is 0 Å². The Morgan fingerprint density at radius 2 is 1.71 bits per heavy atom. The van der Waals surface area contributed by atoms with Crippen molar-refractivity contribution in [2.75, 3.05) is 29.9 Å². The summed E-state index contributed by atoms with van der Waals surface area (Å²) in [7, 11) is -3.16. The number of carbonyl (C=O) groups excluding carboxylic acids is 1. The van der Waals surface area contributed by atoms with E-state index in [-0.39, 0.29) is 30.3 Å². The van der Waals surface area contributed by atoms with E-state index in [0.717, 1.165) is 12.1 Å². The maximum atomic E-state index is 12.8. The van der Waals surface area contributed by atoms with Crippen LogP contribution in [0, 0.1) is 0 Å². The van der Waals surface area contributed by atoms with Crippen molar-refractivity contribution in [3.63, 3.8) is 0 Å². The largest absolute Gasteiger partial charge is 0.418 e. The van der Waals surface area contributed by atoms with E-state index in [0.29, 0.717) is 0 Å². The Morgan fingerprint density at radius 3 is 2.29 bits per heavy atom. The third-order valence-electron chi connectivity index (χ3n) is 3.11. The number of urea groups is 1. The summed E-state index contributed by atoms with van der Waals surface area (Å²) in [5.41, 5.74) is -1.29. The summed E-state index contributed by atoms with van der Waals surface area (Å²) < 4.78 is 60.9. The SMILES string of the molecule is O=C(Nc1ccccc1C(F)(F)F)N1CCS(=O)(=O)CC1. The van der Waals surface area contributed by atoms with E-state index in [1.54, 1.807) is 0 Å². The van der Waals surface area contributed by atoms with Crippen molar-refractivity contribution < 1.29 is 26.4 Å². The third kappa shape index (κ3) is 3.87. The minimum absolute atomic E-state index is 0.0254. The molecule has 5 nitrogen and oxygen atoms in total. The molecule has 1 aliphatic rings. The van der Waals surface area contributed by atoms with Gasteiger partial charge in [0.05, 0.1) is 22.8 Å². The number of nitrogens with one attached hydrogen (secondary N) is 1. The van der Waals surface area contributed by atoms with Gasteiger partial charge >= 0.3 is 12.2 Å². The molecule has 0 spiro atoms. The summed E-state index contributed by atoms with van der Waals surface area (Å²) in [4.78, 5) is 13.1. The normalized spacial score (nSPS) is 18.3. The molecule has 1 aromatic carbocycles. The number of carbonyl (C=O) groups is 1. The standard InChI is InChI=1S/C12H13F3N2O3S/c13-12(14,15)9-3-1-2-4-10(9)16-11(18)17-5-7-21(19,20)8-6-17/h1-4H,5-8H2,(H,16,18). The first-order chi connectivity index (χ1) is 9.69. The highest BCUT2D eigenvalue weighted by atomic mass is 32.2. The number of hydrogen-bond acceptors (Lipinski definition) is 3. The van der Waals surface area contributed by atoms with Crippen molar-refractivity contribution >= 4 is 21.6 Å². The third-order valence-corrected chi connectivity index (χ3v) is 4.71. The maximum Gasteiger partial charge on any atom is 0.418 e. The average molecular weight is 322 g/mol. The zero-order chi connectivity index (χ0) is 15.7. The minimum Gasteiger partial charge on any atom is -0.322 e. The second-order valence-electron chi connectivity index (χ2n) is 4.61. The van der Waals surface area contributed by atoms with Crippen LogP contribution in [0.2, 0.25) is 0 Å². The van der Waals surface area contributed by atoms with Crippen LogP contribution in [0.25, 0.3) is 0 Å². The number of halogens is 3. The topological polar surface area (TPSA) is 66.5 Å². The van der Waals surface area contributed by atoms with Gasteiger partial charge in [0.1, 0.15) is 0 Å². The van der Waals surface area contributed by atoms with Gasteiger partial charge in [-0.1, -0.05) is 12.1 Å². The second-order valence-corrected chi connectivity index (χ2v) is 6.92. The summed E-state index contributed by atoms with van der Waals surface area (Å²) in [6, 6.07) is 3.90. The van der Waals surface area contributed by atoms with Gasteiger partial charge in [0.25, 0.3) is 0 Å². The lowest BCUT2D eigenvalue weighted by Gasteiger charge is -2.27. The Labute approximate surface area is 119 Å². The zero-order valence-electron chi connectivity index (χ0n) is 10.9. The summed E-state index contributed by atoms with van der Waals surface area (Å²) in [6.07, 6.45) is -4.57. The van der Waals surface area contributed by atoms with Crippen LogP contribution in [0.3, 0.4) is 0 Å². The predicted molar refractivity (Wildman–Crippen MR) is 70.7 cm³/mol. The number of hydrogen-bond donors (Lipinski definition) is 1. The Hall–Kier alpha value is -1.77. The highest BCUT2D eigenvalue weighted by Gasteiger charge is 2.34. The Morgan fingerprint density at radius 1 is 1.14 bits per heavy atom. The first-order valence-electron chi connectivity index (χ1n) is 6.12. The number of anilines is 1. The van der Waals surface area contributed by atoms with Crippen LogP contribution >= 0.6 is 0 Å². The van der Waals surface area contributed by atoms with Gasteiger partial charge in [-0.25, -0.2) is 13.2 Å².